The second-order valence-corrected chi connectivity index (χ2v) is 5.58. The number of primary amides is 1. The van der Waals surface area contributed by atoms with Crippen molar-refractivity contribution in [1.82, 2.24) is 0 Å². The van der Waals surface area contributed by atoms with E-state index in [4.69, 9.17) is 17.3 Å². The summed E-state index contributed by atoms with van der Waals surface area (Å²) in [5.74, 6) is -1.35. The van der Waals surface area contributed by atoms with Crippen LogP contribution >= 0.6 is 11.6 Å². The highest BCUT2D eigenvalue weighted by molar-refractivity contribution is 6.30. The van der Waals surface area contributed by atoms with Gasteiger partial charge >= 0.3 is 0 Å². The standard InChI is InChI=1S/C16H12ClN2O3/c17-10-5-6-13(20)9(7-10)8-16(14(18)21)11-3-1-2-4-12(11)19-15(16)22/h1,3-7,20H,8H2,(H2,18,21)(H,19,22). The lowest BCUT2D eigenvalue weighted by Crippen LogP contribution is -2.48. The van der Waals surface area contributed by atoms with Crippen LogP contribution in [0, 0.1) is 6.07 Å². The van der Waals surface area contributed by atoms with Gasteiger partial charge in [-0.25, -0.2) is 0 Å². The summed E-state index contributed by atoms with van der Waals surface area (Å²) in [6, 6.07) is 12.1. The number of benzene rings is 2. The maximum Gasteiger partial charge on any atom is 0.245 e. The van der Waals surface area contributed by atoms with Crippen molar-refractivity contribution in [1.29, 1.82) is 0 Å². The Labute approximate surface area is 131 Å². The summed E-state index contributed by atoms with van der Waals surface area (Å²) >= 11 is 5.93. The average Bonchev–Trinajstić information content (AvgIpc) is 2.76. The van der Waals surface area contributed by atoms with Crippen LogP contribution in [0.3, 0.4) is 0 Å². The zero-order valence-electron chi connectivity index (χ0n) is 11.4. The number of anilines is 1. The Bertz CT molecular complexity index is 791. The predicted octanol–water partition coefficient (Wildman–Crippen LogP) is 1.76. The molecule has 3 rings (SSSR count). The summed E-state index contributed by atoms with van der Waals surface area (Å²) in [5, 5.41) is 13.0. The Morgan fingerprint density at radius 2 is 2.18 bits per heavy atom. The first-order chi connectivity index (χ1) is 10.4. The van der Waals surface area contributed by atoms with E-state index >= 15 is 0 Å². The molecule has 0 saturated carbocycles. The number of nitrogens with two attached hydrogens (primary N) is 1. The van der Waals surface area contributed by atoms with Crippen molar-refractivity contribution < 1.29 is 14.7 Å². The molecule has 0 spiro atoms. The van der Waals surface area contributed by atoms with Gasteiger partial charge in [-0.3, -0.25) is 9.59 Å². The number of rotatable bonds is 3. The van der Waals surface area contributed by atoms with Crippen LogP contribution in [0.25, 0.3) is 0 Å². The van der Waals surface area contributed by atoms with E-state index in [1.165, 1.54) is 18.2 Å². The van der Waals surface area contributed by atoms with Crippen molar-refractivity contribution in [3.8, 4) is 5.75 Å². The zero-order chi connectivity index (χ0) is 15.9. The van der Waals surface area contributed by atoms with Gasteiger partial charge < -0.3 is 16.2 Å². The molecule has 1 radical (unpaired) electrons. The molecular weight excluding hydrogens is 304 g/mol. The second-order valence-electron chi connectivity index (χ2n) is 5.15. The molecule has 6 heteroatoms. The number of fused-ring (bicyclic) bond motifs is 1. The molecule has 1 aliphatic heterocycles. The number of carbonyl (C=O) groups excluding carboxylic acids is 2. The van der Waals surface area contributed by atoms with Gasteiger partial charge in [0, 0.05) is 22.7 Å². The van der Waals surface area contributed by atoms with E-state index in [2.05, 4.69) is 11.4 Å². The maximum atomic E-state index is 12.5. The van der Waals surface area contributed by atoms with E-state index in [0.29, 0.717) is 21.8 Å². The highest BCUT2D eigenvalue weighted by Gasteiger charge is 2.52. The first kappa shape index (κ1) is 14.4. The maximum absolute atomic E-state index is 12.5. The molecule has 1 unspecified atom stereocenters. The van der Waals surface area contributed by atoms with Gasteiger partial charge in [-0.05, 0) is 35.9 Å². The van der Waals surface area contributed by atoms with Gasteiger partial charge in [-0.2, -0.15) is 0 Å². The van der Waals surface area contributed by atoms with Gasteiger partial charge in [0.15, 0.2) is 5.41 Å². The third-order valence-corrected chi connectivity index (χ3v) is 4.11. The van der Waals surface area contributed by atoms with Gasteiger partial charge in [0.1, 0.15) is 5.75 Å². The Kier molecular flexibility index (Phi) is 3.30. The molecule has 22 heavy (non-hydrogen) atoms. The molecule has 2 aromatic carbocycles. The molecule has 0 aromatic heterocycles. The van der Waals surface area contributed by atoms with Gasteiger partial charge in [-0.15, -0.1) is 0 Å². The van der Waals surface area contributed by atoms with Gasteiger partial charge in [0.05, 0.1) is 0 Å². The van der Waals surface area contributed by atoms with E-state index in [-0.39, 0.29) is 12.2 Å². The van der Waals surface area contributed by atoms with Crippen LogP contribution in [0.2, 0.25) is 5.02 Å². The number of amides is 2. The van der Waals surface area contributed by atoms with Crippen molar-refractivity contribution in [2.45, 2.75) is 11.8 Å². The van der Waals surface area contributed by atoms with Gasteiger partial charge in [0.2, 0.25) is 11.8 Å². The SMILES string of the molecule is NC(=O)C1(Cc2cc(Cl)ccc2O)C(=O)Nc2c[c]ccc21. The fourth-order valence-corrected chi connectivity index (χ4v) is 2.94. The molecule has 0 aliphatic carbocycles. The summed E-state index contributed by atoms with van der Waals surface area (Å²) < 4.78 is 0. The minimum Gasteiger partial charge on any atom is -0.508 e. The number of nitrogens with one attached hydrogen (secondary N) is 1. The Morgan fingerprint density at radius 3 is 2.91 bits per heavy atom. The molecule has 2 amide bonds. The molecule has 2 aromatic rings. The van der Waals surface area contributed by atoms with E-state index in [1.807, 2.05) is 0 Å². The third kappa shape index (κ3) is 2.02. The van der Waals surface area contributed by atoms with Crippen molar-refractivity contribution in [2.75, 3.05) is 5.32 Å². The minimum absolute atomic E-state index is 0.0474. The van der Waals surface area contributed by atoms with Crippen molar-refractivity contribution in [3.05, 3.63) is 58.6 Å². The van der Waals surface area contributed by atoms with Crippen LogP contribution < -0.4 is 11.1 Å². The fraction of sp³-hybridized carbons (Fsp3) is 0.125. The minimum atomic E-state index is -1.58. The monoisotopic (exact) mass is 315 g/mol. The van der Waals surface area contributed by atoms with Crippen LogP contribution in [-0.2, 0) is 21.4 Å². The smallest absolute Gasteiger partial charge is 0.245 e. The van der Waals surface area contributed by atoms with E-state index in [9.17, 15) is 14.7 Å². The zero-order valence-corrected chi connectivity index (χ0v) is 12.1. The molecule has 1 heterocycles. The lowest BCUT2D eigenvalue weighted by molar-refractivity contribution is -0.132. The fourth-order valence-electron chi connectivity index (χ4n) is 2.75. The quantitative estimate of drug-likeness (QED) is 0.754. The number of phenols is 1. The van der Waals surface area contributed by atoms with E-state index in [0.717, 1.165) is 0 Å². The Balaban J connectivity index is 2.17. The molecule has 1 aliphatic rings. The lowest BCUT2D eigenvalue weighted by Gasteiger charge is -2.24. The van der Waals surface area contributed by atoms with Crippen LogP contribution in [0.15, 0.2) is 36.4 Å². The first-order valence-corrected chi connectivity index (χ1v) is 6.92. The second kappa shape index (κ2) is 5.03. The number of hydrogen-bond acceptors (Lipinski definition) is 3. The van der Waals surface area contributed by atoms with E-state index < -0.39 is 17.2 Å². The molecule has 111 valence electrons. The third-order valence-electron chi connectivity index (χ3n) is 3.88. The summed E-state index contributed by atoms with van der Waals surface area (Å²) in [5.41, 5.74) is 5.32. The first-order valence-electron chi connectivity index (χ1n) is 6.54. The summed E-state index contributed by atoms with van der Waals surface area (Å²) in [7, 11) is 0. The average molecular weight is 316 g/mol. The Hall–Kier alpha value is -2.53. The van der Waals surface area contributed by atoms with Crippen LogP contribution in [0.4, 0.5) is 5.69 Å². The van der Waals surface area contributed by atoms with Gasteiger partial charge in [-0.1, -0.05) is 23.7 Å². The molecule has 5 nitrogen and oxygen atoms in total. The van der Waals surface area contributed by atoms with Crippen LogP contribution in [-0.4, -0.2) is 16.9 Å². The highest BCUT2D eigenvalue weighted by atomic mass is 35.5. The van der Waals surface area contributed by atoms with Crippen LogP contribution in [0.5, 0.6) is 5.75 Å². The summed E-state index contributed by atoms with van der Waals surface area (Å²) in [4.78, 5) is 24.6. The number of phenolic OH excluding ortho intramolecular Hbond substituents is 1. The molecule has 4 N–H and O–H groups in total. The normalized spacial score (nSPS) is 19.6. The number of halogens is 1. The molecule has 1 atom stereocenters. The highest BCUT2D eigenvalue weighted by Crippen LogP contribution is 2.41. The predicted molar refractivity (Wildman–Crippen MR) is 81.6 cm³/mol. The molecule has 0 bridgehead atoms. The number of hydrogen-bond donors (Lipinski definition) is 3. The van der Waals surface area contributed by atoms with E-state index in [1.54, 1.807) is 18.2 Å². The Morgan fingerprint density at radius 1 is 1.41 bits per heavy atom. The largest absolute Gasteiger partial charge is 0.508 e. The van der Waals surface area contributed by atoms with Crippen molar-refractivity contribution in [3.63, 3.8) is 0 Å². The summed E-state index contributed by atoms with van der Waals surface area (Å²) in [6.07, 6.45) is -0.0719. The molecular formula is C16H12ClN2O3. The lowest BCUT2D eigenvalue weighted by atomic mass is 9.75. The van der Waals surface area contributed by atoms with Crippen LogP contribution in [0.1, 0.15) is 11.1 Å². The molecule has 0 saturated heterocycles. The van der Waals surface area contributed by atoms with Crippen molar-refractivity contribution >= 4 is 29.1 Å². The topological polar surface area (TPSA) is 92.4 Å². The number of carbonyl (C=O) groups is 2. The van der Waals surface area contributed by atoms with Crippen molar-refractivity contribution in [2.24, 2.45) is 5.73 Å². The molecule has 0 fully saturated rings. The van der Waals surface area contributed by atoms with Gasteiger partial charge in [0.25, 0.3) is 0 Å². The number of aromatic hydroxyl groups is 1. The summed E-state index contributed by atoms with van der Waals surface area (Å²) in [6.45, 7) is 0.